The molecule has 2 fully saturated rings. The van der Waals surface area contributed by atoms with E-state index < -0.39 is 42.9 Å². The van der Waals surface area contributed by atoms with Crippen molar-refractivity contribution in [1.82, 2.24) is 25.5 Å². The van der Waals surface area contributed by atoms with Crippen LogP contribution in [0.5, 0.6) is 5.75 Å². The number of piperidine rings is 2. The molecule has 1 aromatic heterocycles. The second kappa shape index (κ2) is 18.3. The molecule has 4 aromatic rings. The van der Waals surface area contributed by atoms with E-state index in [1.807, 2.05) is 42.5 Å². The van der Waals surface area contributed by atoms with E-state index in [0.717, 1.165) is 10.6 Å². The van der Waals surface area contributed by atoms with E-state index in [1.54, 1.807) is 39.5 Å². The van der Waals surface area contributed by atoms with Crippen molar-refractivity contribution in [2.24, 2.45) is 0 Å². The number of ether oxygens (including phenoxy) is 2. The van der Waals surface area contributed by atoms with Crippen LogP contribution in [0.2, 0.25) is 5.02 Å². The fourth-order valence-electron chi connectivity index (χ4n) is 7.55. The summed E-state index contributed by atoms with van der Waals surface area (Å²) in [6, 6.07) is 16.9. The molecule has 3 aliphatic heterocycles. The quantitative estimate of drug-likeness (QED) is 0.0613. The number of nitrogens with one attached hydrogen (secondary N) is 5. The summed E-state index contributed by atoms with van der Waals surface area (Å²) in [5, 5.41) is 15.8. The number of amides is 5. The molecule has 3 aliphatic rings. The van der Waals surface area contributed by atoms with E-state index in [2.05, 4.69) is 41.5 Å². The van der Waals surface area contributed by atoms with Crippen LogP contribution in [0.15, 0.2) is 66.9 Å². The van der Waals surface area contributed by atoms with Crippen LogP contribution in [0, 0.1) is 0 Å². The van der Waals surface area contributed by atoms with Crippen LogP contribution in [0.25, 0.3) is 0 Å². The molecule has 0 bridgehead atoms. The average molecular weight is 872 g/mol. The summed E-state index contributed by atoms with van der Waals surface area (Å²) in [5.74, 6) is -1.32. The van der Waals surface area contributed by atoms with Gasteiger partial charge in [0.15, 0.2) is 5.82 Å². The van der Waals surface area contributed by atoms with Gasteiger partial charge in [-0.3, -0.25) is 34.2 Å². The standard InChI is InChI=1S/C42H47ClN9O8P/c1-24(60-21-18-44-31-10-7-8-27-36(31)41(57)52(40(27)56)32-14-15-35(53)49-39(32)55)38(54)46-25-16-19-51(20-17-25)26-12-13-29(33(22-26)59-2)48-42-45-23-28(43)37(50-42)47-30-9-5-6-11-34(30)61(3,4)58/h5-13,22-25,32,44H,14-21H2,1-4H3,(H,46,54)(H,49,53,55)(H2,45,47,48,50). The first-order valence-corrected chi connectivity index (χ1v) is 22.8. The molecule has 61 heavy (non-hydrogen) atoms. The Morgan fingerprint density at radius 1 is 0.967 bits per heavy atom. The topological polar surface area (TPSA) is 213 Å². The minimum absolute atomic E-state index is 0.0353. The van der Waals surface area contributed by atoms with Crippen molar-refractivity contribution in [1.29, 1.82) is 0 Å². The zero-order valence-corrected chi connectivity index (χ0v) is 35.8. The van der Waals surface area contributed by atoms with Crippen LogP contribution in [0.1, 0.15) is 53.3 Å². The van der Waals surface area contributed by atoms with Gasteiger partial charge in [0, 0.05) is 54.8 Å². The number of hydrogen-bond acceptors (Lipinski definition) is 14. The van der Waals surface area contributed by atoms with Crippen LogP contribution in [0.4, 0.5) is 34.5 Å². The molecule has 5 amide bonds. The van der Waals surface area contributed by atoms with Crippen LogP contribution < -0.4 is 41.5 Å². The monoisotopic (exact) mass is 871 g/mol. The largest absolute Gasteiger partial charge is 0.494 e. The number of fused-ring (bicyclic) bond motifs is 1. The zero-order chi connectivity index (χ0) is 43.4. The van der Waals surface area contributed by atoms with Gasteiger partial charge >= 0.3 is 0 Å². The lowest BCUT2D eigenvalue weighted by atomic mass is 10.0. The number of anilines is 6. The molecule has 2 atom stereocenters. The van der Waals surface area contributed by atoms with Crippen molar-refractivity contribution in [2.45, 2.75) is 50.8 Å². The van der Waals surface area contributed by atoms with Crippen molar-refractivity contribution >= 4 is 88.1 Å². The maximum Gasteiger partial charge on any atom is 0.264 e. The summed E-state index contributed by atoms with van der Waals surface area (Å²) in [7, 11) is -0.994. The lowest BCUT2D eigenvalue weighted by Crippen LogP contribution is -2.54. The first kappa shape index (κ1) is 43.1. The fraction of sp³-hybridized carbons (Fsp3) is 0.357. The van der Waals surface area contributed by atoms with Gasteiger partial charge in [-0.1, -0.05) is 29.8 Å². The molecule has 0 aliphatic carbocycles. The summed E-state index contributed by atoms with van der Waals surface area (Å²) >= 11 is 6.45. The predicted octanol–water partition coefficient (Wildman–Crippen LogP) is 4.88. The highest BCUT2D eigenvalue weighted by Gasteiger charge is 2.45. The number of methoxy groups -OCH3 is 1. The Hall–Kier alpha value is -6.03. The Morgan fingerprint density at radius 2 is 1.72 bits per heavy atom. The van der Waals surface area contributed by atoms with Gasteiger partial charge in [0.05, 0.1) is 42.4 Å². The first-order chi connectivity index (χ1) is 29.2. The second-order valence-electron chi connectivity index (χ2n) is 15.3. The number of carbonyl (C=O) groups excluding carboxylic acids is 5. The zero-order valence-electron chi connectivity index (χ0n) is 34.1. The fourth-order valence-corrected chi connectivity index (χ4v) is 8.85. The average Bonchev–Trinajstić information content (AvgIpc) is 3.49. The van der Waals surface area contributed by atoms with E-state index >= 15 is 0 Å². The molecule has 320 valence electrons. The van der Waals surface area contributed by atoms with Crippen LogP contribution >= 0.6 is 18.7 Å². The van der Waals surface area contributed by atoms with Crippen molar-refractivity contribution in [3.05, 3.63) is 83.0 Å². The van der Waals surface area contributed by atoms with Gasteiger partial charge < -0.3 is 40.2 Å². The number of para-hydroxylation sites is 1. The Balaban J connectivity index is 0.875. The molecule has 2 unspecified atom stereocenters. The molecule has 3 aromatic carbocycles. The molecule has 17 nitrogen and oxygen atoms in total. The Bertz CT molecular complexity index is 2420. The van der Waals surface area contributed by atoms with E-state index in [9.17, 15) is 28.5 Å². The highest BCUT2D eigenvalue weighted by Crippen LogP contribution is 2.39. The predicted molar refractivity (Wildman–Crippen MR) is 233 cm³/mol. The molecule has 5 N–H and O–H groups in total. The van der Waals surface area contributed by atoms with E-state index in [1.165, 1.54) is 12.3 Å². The SMILES string of the molecule is COc1cc(N2CCC(NC(=O)C(C)OCCNc3cccc4c3C(=O)N(C3CCC(=O)NC3=O)C4=O)CC2)ccc1Nc1ncc(Cl)c(Nc2ccccc2P(C)(C)=O)n1. The summed E-state index contributed by atoms with van der Waals surface area (Å²) in [4.78, 5) is 75.7. The third kappa shape index (κ3) is 9.64. The van der Waals surface area contributed by atoms with Crippen LogP contribution in [-0.2, 0) is 23.7 Å². The molecule has 2 saturated heterocycles. The third-order valence-corrected chi connectivity index (χ3v) is 12.6. The number of benzene rings is 3. The summed E-state index contributed by atoms with van der Waals surface area (Å²) < 4.78 is 24.4. The van der Waals surface area contributed by atoms with Gasteiger partial charge in [0.2, 0.25) is 23.7 Å². The van der Waals surface area contributed by atoms with E-state index in [0.29, 0.717) is 64.9 Å². The number of halogens is 1. The molecular weight excluding hydrogens is 825 g/mol. The van der Waals surface area contributed by atoms with Gasteiger partial charge in [0.25, 0.3) is 11.8 Å². The van der Waals surface area contributed by atoms with Gasteiger partial charge in [-0.2, -0.15) is 4.98 Å². The van der Waals surface area contributed by atoms with Crippen LogP contribution in [-0.4, -0.2) is 109 Å². The number of rotatable bonds is 15. The number of nitrogens with zero attached hydrogens (tertiary/aromatic N) is 4. The first-order valence-electron chi connectivity index (χ1n) is 19.9. The lowest BCUT2D eigenvalue weighted by molar-refractivity contribution is -0.136. The third-order valence-electron chi connectivity index (χ3n) is 10.7. The second-order valence-corrected chi connectivity index (χ2v) is 18.9. The normalized spacial score (nSPS) is 17.4. The summed E-state index contributed by atoms with van der Waals surface area (Å²) in [5.41, 5.74) is 2.98. The lowest BCUT2D eigenvalue weighted by Gasteiger charge is -2.34. The van der Waals surface area contributed by atoms with Crippen molar-refractivity contribution in [3.8, 4) is 5.75 Å². The molecule has 0 saturated carbocycles. The summed E-state index contributed by atoms with van der Waals surface area (Å²) in [6.45, 7) is 6.87. The maximum absolute atomic E-state index is 13.4. The molecule has 4 heterocycles. The highest BCUT2D eigenvalue weighted by molar-refractivity contribution is 7.70. The van der Waals surface area contributed by atoms with Gasteiger partial charge in [-0.25, -0.2) is 4.98 Å². The number of hydrogen-bond donors (Lipinski definition) is 5. The van der Waals surface area contributed by atoms with Gasteiger partial charge in [-0.05, 0) is 75.9 Å². The molecule has 0 radical (unpaired) electrons. The Kier molecular flexibility index (Phi) is 12.9. The van der Waals surface area contributed by atoms with Crippen LogP contribution in [0.3, 0.4) is 0 Å². The number of aromatic nitrogens is 2. The molecule has 7 rings (SSSR count). The maximum atomic E-state index is 13.4. The Morgan fingerprint density at radius 3 is 2.46 bits per heavy atom. The van der Waals surface area contributed by atoms with E-state index in [-0.39, 0.29) is 55.0 Å². The number of imide groups is 2. The van der Waals surface area contributed by atoms with Gasteiger partial charge in [-0.15, -0.1) is 0 Å². The van der Waals surface area contributed by atoms with Crippen molar-refractivity contribution in [3.63, 3.8) is 0 Å². The minimum atomic E-state index is -2.58. The molecule has 19 heteroatoms. The summed E-state index contributed by atoms with van der Waals surface area (Å²) in [6.07, 6.45) is 2.28. The Labute approximate surface area is 357 Å². The van der Waals surface area contributed by atoms with Crippen molar-refractivity contribution < 1.29 is 38.0 Å². The van der Waals surface area contributed by atoms with Gasteiger partial charge in [0.1, 0.15) is 30.1 Å². The minimum Gasteiger partial charge on any atom is -0.494 e. The molecule has 0 spiro atoms. The van der Waals surface area contributed by atoms with E-state index in [4.69, 9.17) is 21.1 Å². The number of carbonyl (C=O) groups is 5. The van der Waals surface area contributed by atoms with Crippen molar-refractivity contribution in [2.75, 3.05) is 67.5 Å². The smallest absolute Gasteiger partial charge is 0.264 e. The molecular formula is C42H47ClN9O8P. The highest BCUT2D eigenvalue weighted by atomic mass is 35.5.